The van der Waals surface area contributed by atoms with Gasteiger partial charge in [-0.2, -0.15) is 0 Å². The highest BCUT2D eigenvalue weighted by Gasteiger charge is 2.50. The smallest absolute Gasteiger partial charge is 0.336 e. The first kappa shape index (κ1) is 20.7. The highest BCUT2D eigenvalue weighted by atomic mass is 31.1. The van der Waals surface area contributed by atoms with E-state index in [1.807, 2.05) is 6.07 Å². The molecule has 0 aromatic heterocycles. The van der Waals surface area contributed by atoms with Crippen molar-refractivity contribution >= 4 is 40.0 Å². The normalized spacial score (nSPS) is 28.7. The van der Waals surface area contributed by atoms with E-state index in [0.29, 0.717) is 18.3 Å². The number of aryl methyl sites for hydroxylation is 1. The van der Waals surface area contributed by atoms with Gasteiger partial charge in [0, 0.05) is 27.9 Å². The van der Waals surface area contributed by atoms with Gasteiger partial charge in [0.05, 0.1) is 12.5 Å². The molecule has 3 unspecified atom stereocenters. The molecule has 0 N–H and O–H groups in total. The fourth-order valence-corrected chi connectivity index (χ4v) is 5.02. The first-order valence-corrected chi connectivity index (χ1v) is 11.1. The Bertz CT molecular complexity index is 589. The zero-order valence-corrected chi connectivity index (χ0v) is 18.4. The van der Waals surface area contributed by atoms with Gasteiger partial charge in [0.25, 0.3) is 0 Å². The van der Waals surface area contributed by atoms with Crippen LogP contribution in [-0.2, 0) is 25.1 Å². The summed E-state index contributed by atoms with van der Waals surface area (Å²) < 4.78 is 17.2. The van der Waals surface area contributed by atoms with Crippen LogP contribution in [0, 0.1) is 11.8 Å². The minimum Gasteiger partial charge on any atom is -0.462 e. The van der Waals surface area contributed by atoms with Crippen molar-refractivity contribution in [2.45, 2.75) is 56.8 Å². The Hall–Kier alpha value is -0.0351. The van der Waals surface area contributed by atoms with Gasteiger partial charge in [0.15, 0.2) is 0 Å². The van der Waals surface area contributed by atoms with Gasteiger partial charge in [-0.3, -0.25) is 4.79 Å². The topological polar surface area (TPSA) is 44.8 Å². The summed E-state index contributed by atoms with van der Waals surface area (Å²) in [5.74, 6) is 0.592. The molecule has 1 saturated heterocycles. The molecule has 1 aliphatic carbocycles. The molecule has 4 nitrogen and oxygen atoms in total. The zero-order valence-electron chi connectivity index (χ0n) is 15.0. The monoisotopic (exact) mass is 412 g/mol. The van der Waals surface area contributed by atoms with Gasteiger partial charge < -0.3 is 13.9 Å². The lowest BCUT2D eigenvalue weighted by Crippen LogP contribution is -2.27. The van der Waals surface area contributed by atoms with Crippen molar-refractivity contribution in [2.75, 3.05) is 0 Å². The van der Waals surface area contributed by atoms with Gasteiger partial charge in [-0.1, -0.05) is 30.3 Å². The molecule has 8 atom stereocenters. The lowest BCUT2D eigenvalue weighted by molar-refractivity contribution is -0.141. The molecule has 2 aliphatic rings. The maximum atomic E-state index is 11.7. The second kappa shape index (κ2) is 9.95. The molecule has 0 radical (unpaired) electrons. The summed E-state index contributed by atoms with van der Waals surface area (Å²) in [6, 6.07) is 10.5. The number of benzene rings is 1. The van der Waals surface area contributed by atoms with E-state index < -0.39 is 0 Å². The van der Waals surface area contributed by atoms with Crippen LogP contribution in [0.1, 0.15) is 37.7 Å². The van der Waals surface area contributed by atoms with Crippen LogP contribution < -0.4 is 0 Å². The summed E-state index contributed by atoms with van der Waals surface area (Å²) in [5.41, 5.74) is 1.34. The Labute approximate surface area is 163 Å². The molecule has 3 rings (SSSR count). The van der Waals surface area contributed by atoms with Crippen molar-refractivity contribution in [2.24, 2.45) is 11.8 Å². The molecule has 0 bridgehead atoms. The number of esters is 1. The van der Waals surface area contributed by atoms with Crippen LogP contribution >= 0.6 is 27.7 Å². The lowest BCUT2D eigenvalue weighted by atomic mass is 9.86. The predicted octanol–water partition coefficient (Wildman–Crippen LogP) is 3.65. The van der Waals surface area contributed by atoms with E-state index in [1.165, 1.54) is 5.56 Å². The van der Waals surface area contributed by atoms with Crippen LogP contribution in [0.25, 0.3) is 0 Å². The third-order valence-corrected chi connectivity index (χ3v) is 6.30. The molecule has 8 heteroatoms. The molecular formula is C18H28BO4P3. The van der Waals surface area contributed by atoms with E-state index in [9.17, 15) is 4.79 Å². The van der Waals surface area contributed by atoms with E-state index in [2.05, 4.69) is 52.0 Å². The van der Waals surface area contributed by atoms with E-state index in [4.69, 9.17) is 13.9 Å². The maximum absolute atomic E-state index is 11.7. The molecule has 1 aromatic rings. The SMILES string of the molecule is O=C1C[C@@H]2[C@@H](CC[C@H](CCc3ccccc3)OP)[C@H](OB(P)P)C[C@@H]2O1. The van der Waals surface area contributed by atoms with E-state index in [-0.39, 0.29) is 30.6 Å². The predicted molar refractivity (Wildman–Crippen MR) is 115 cm³/mol. The largest absolute Gasteiger partial charge is 0.462 e. The fraction of sp³-hybridized carbons (Fsp3) is 0.611. The molecular weight excluding hydrogens is 384 g/mol. The average molecular weight is 412 g/mol. The third kappa shape index (κ3) is 5.49. The van der Waals surface area contributed by atoms with Crippen molar-refractivity contribution in [1.82, 2.24) is 0 Å². The third-order valence-electron chi connectivity index (χ3n) is 5.60. The minimum atomic E-state index is -0.0559. The van der Waals surface area contributed by atoms with Gasteiger partial charge in [0.1, 0.15) is 6.10 Å². The van der Waals surface area contributed by atoms with Crippen molar-refractivity contribution in [3.63, 3.8) is 0 Å². The summed E-state index contributed by atoms with van der Waals surface area (Å²) in [7, 11) is 7.76. The molecule has 1 aromatic carbocycles. The molecule has 1 saturated carbocycles. The van der Waals surface area contributed by atoms with Gasteiger partial charge in [0.2, 0.25) is 0 Å². The highest BCUT2D eigenvalue weighted by Crippen LogP contribution is 2.45. The van der Waals surface area contributed by atoms with Gasteiger partial charge in [-0.15, -0.1) is 18.2 Å². The number of carbonyl (C=O) groups excluding carboxylic acids is 1. The number of fused-ring (bicyclic) bond motifs is 1. The van der Waals surface area contributed by atoms with E-state index >= 15 is 0 Å². The fourth-order valence-electron chi connectivity index (χ4n) is 4.35. The van der Waals surface area contributed by atoms with Gasteiger partial charge in [-0.25, -0.2) is 0 Å². The first-order valence-electron chi connectivity index (χ1n) is 9.32. The summed E-state index contributed by atoms with van der Waals surface area (Å²) in [4.78, 5) is 11.7. The summed E-state index contributed by atoms with van der Waals surface area (Å²) in [6.45, 7) is 0. The van der Waals surface area contributed by atoms with Crippen LogP contribution in [-0.4, -0.2) is 30.6 Å². The average Bonchev–Trinajstić information content (AvgIpc) is 3.11. The lowest BCUT2D eigenvalue weighted by Gasteiger charge is -2.26. The van der Waals surface area contributed by atoms with Gasteiger partial charge >= 0.3 is 12.3 Å². The van der Waals surface area contributed by atoms with Crippen molar-refractivity contribution in [3.8, 4) is 0 Å². The van der Waals surface area contributed by atoms with Crippen molar-refractivity contribution < 1.29 is 18.7 Å². The van der Waals surface area contributed by atoms with Crippen LogP contribution in [0.4, 0.5) is 0 Å². The second-order valence-corrected chi connectivity index (χ2v) is 9.65. The van der Waals surface area contributed by atoms with Gasteiger partial charge in [-0.05, 0) is 37.2 Å². The quantitative estimate of drug-likeness (QED) is 0.353. The Morgan fingerprint density at radius 2 is 2.00 bits per heavy atom. The number of ether oxygens (including phenoxy) is 1. The molecule has 1 heterocycles. The van der Waals surface area contributed by atoms with E-state index in [0.717, 1.165) is 32.1 Å². The van der Waals surface area contributed by atoms with Crippen LogP contribution in [0.3, 0.4) is 0 Å². The summed E-state index contributed by atoms with van der Waals surface area (Å²) in [6.07, 6.45) is 5.73. The Kier molecular flexibility index (Phi) is 7.92. The minimum absolute atomic E-state index is 0.0314. The molecule has 142 valence electrons. The second-order valence-electron chi connectivity index (χ2n) is 7.29. The molecule has 26 heavy (non-hydrogen) atoms. The maximum Gasteiger partial charge on any atom is 0.336 e. The summed E-state index contributed by atoms with van der Waals surface area (Å²) >= 11 is 0. The Balaban J connectivity index is 1.54. The van der Waals surface area contributed by atoms with E-state index in [1.54, 1.807) is 0 Å². The standard InChI is InChI=1S/C18H28BO4P3/c20-18-10-15-14(17(22-19(24)25)11-16(15)21-18)9-8-13(23-26)7-6-12-4-2-1-3-5-12/h1-5,13-17H,6-11,24-26H2/t13-,14+,15+,16-,17+/m0/s1. The number of hydrogen-bond donors (Lipinski definition) is 0. The van der Waals surface area contributed by atoms with Crippen LogP contribution in [0.5, 0.6) is 0 Å². The zero-order chi connectivity index (χ0) is 18.5. The number of rotatable bonds is 9. The first-order chi connectivity index (χ1) is 12.6. The number of hydrogen-bond acceptors (Lipinski definition) is 4. The number of carbonyl (C=O) groups is 1. The Morgan fingerprint density at radius 3 is 2.69 bits per heavy atom. The van der Waals surface area contributed by atoms with Crippen molar-refractivity contribution in [1.29, 1.82) is 0 Å². The molecule has 0 amide bonds. The van der Waals surface area contributed by atoms with Crippen LogP contribution in [0.2, 0.25) is 0 Å². The molecule has 1 aliphatic heterocycles. The highest BCUT2D eigenvalue weighted by molar-refractivity contribution is 7.92. The Morgan fingerprint density at radius 1 is 1.23 bits per heavy atom. The van der Waals surface area contributed by atoms with Crippen molar-refractivity contribution in [3.05, 3.63) is 35.9 Å². The molecule has 0 spiro atoms. The molecule has 2 fully saturated rings. The van der Waals surface area contributed by atoms with Crippen LogP contribution in [0.15, 0.2) is 30.3 Å². The summed E-state index contributed by atoms with van der Waals surface area (Å²) in [5, 5.41) is 0.